The molecule has 1 aromatic carbocycles. The molecule has 0 amide bonds. The molecule has 0 fully saturated rings. The van der Waals surface area contributed by atoms with Crippen molar-refractivity contribution in [2.45, 2.75) is 19.8 Å². The fourth-order valence-corrected chi connectivity index (χ4v) is 3.32. The van der Waals surface area contributed by atoms with Crippen LogP contribution in [0.4, 0.5) is 0 Å². The van der Waals surface area contributed by atoms with Gasteiger partial charge in [0.1, 0.15) is 12.1 Å². The number of benzene rings is 1. The van der Waals surface area contributed by atoms with Crippen molar-refractivity contribution in [2.24, 2.45) is 0 Å². The summed E-state index contributed by atoms with van der Waals surface area (Å²) in [6.45, 7) is 2.01. The summed E-state index contributed by atoms with van der Waals surface area (Å²) in [5.41, 5.74) is 6.35. The first-order valence-electron chi connectivity index (χ1n) is 8.63. The smallest absolute Gasteiger partial charge is 0.168 e. The highest BCUT2D eigenvalue weighted by Crippen LogP contribution is 2.27. The Labute approximate surface area is 152 Å². The van der Waals surface area contributed by atoms with E-state index >= 15 is 0 Å². The van der Waals surface area contributed by atoms with Gasteiger partial charge in [-0.2, -0.15) is 0 Å². The molecule has 0 spiro atoms. The van der Waals surface area contributed by atoms with Gasteiger partial charge in [-0.3, -0.25) is 9.38 Å². The van der Waals surface area contributed by atoms with Crippen molar-refractivity contribution in [3.8, 4) is 16.9 Å². The minimum absolute atomic E-state index is 0.860. The van der Waals surface area contributed by atoms with Crippen molar-refractivity contribution in [3.63, 3.8) is 0 Å². The number of aryl methyl sites for hydroxylation is 3. The molecule has 0 aliphatic rings. The summed E-state index contributed by atoms with van der Waals surface area (Å²) in [6.07, 6.45) is 5.35. The molecule has 5 heteroatoms. The Morgan fingerprint density at radius 1 is 0.962 bits per heavy atom. The number of fused-ring (bicyclic) bond motifs is 1. The first-order chi connectivity index (χ1) is 12.8. The average molecular weight is 344 g/mol. The van der Waals surface area contributed by atoms with E-state index in [0.717, 1.165) is 41.1 Å². The van der Waals surface area contributed by atoms with Gasteiger partial charge in [0.15, 0.2) is 5.65 Å². The third kappa shape index (κ3) is 2.92. The van der Waals surface area contributed by atoms with Crippen LogP contribution in [0.3, 0.4) is 0 Å². The van der Waals surface area contributed by atoms with Gasteiger partial charge in [0.25, 0.3) is 0 Å². The molecule has 0 aliphatic carbocycles. The Bertz CT molecular complexity index is 1050. The van der Waals surface area contributed by atoms with E-state index in [1.165, 1.54) is 11.3 Å². The van der Waals surface area contributed by atoms with Crippen molar-refractivity contribution in [2.75, 3.05) is 7.11 Å². The van der Waals surface area contributed by atoms with Gasteiger partial charge in [0.05, 0.1) is 7.11 Å². The number of aromatic nitrogens is 4. The number of para-hydroxylation sites is 1. The lowest BCUT2D eigenvalue weighted by Crippen LogP contribution is -2.02. The van der Waals surface area contributed by atoms with Gasteiger partial charge in [0, 0.05) is 28.7 Å². The molecule has 130 valence electrons. The second-order valence-electron chi connectivity index (χ2n) is 6.21. The molecular weight excluding hydrogens is 324 g/mol. The van der Waals surface area contributed by atoms with Crippen LogP contribution in [-0.2, 0) is 12.8 Å². The highest BCUT2D eigenvalue weighted by Gasteiger charge is 2.12. The Morgan fingerprint density at radius 3 is 2.69 bits per heavy atom. The molecule has 0 radical (unpaired) electrons. The maximum absolute atomic E-state index is 5.46. The van der Waals surface area contributed by atoms with Gasteiger partial charge in [-0.25, -0.2) is 0 Å². The number of ether oxygens (including phenoxy) is 1. The predicted octanol–water partition coefficient (Wildman–Crippen LogP) is 3.89. The Morgan fingerprint density at radius 2 is 1.85 bits per heavy atom. The van der Waals surface area contributed by atoms with Crippen LogP contribution in [0.25, 0.3) is 16.8 Å². The largest absolute Gasteiger partial charge is 0.496 e. The minimum atomic E-state index is 0.860. The molecule has 0 saturated carbocycles. The van der Waals surface area contributed by atoms with Crippen LogP contribution in [0.2, 0.25) is 0 Å². The van der Waals surface area contributed by atoms with Crippen LogP contribution >= 0.6 is 0 Å². The van der Waals surface area contributed by atoms with Gasteiger partial charge in [0.2, 0.25) is 0 Å². The Hall–Kier alpha value is -3.21. The van der Waals surface area contributed by atoms with Crippen LogP contribution in [0.1, 0.15) is 17.0 Å². The summed E-state index contributed by atoms with van der Waals surface area (Å²) in [5, 5.41) is 8.48. The highest BCUT2D eigenvalue weighted by atomic mass is 16.5. The van der Waals surface area contributed by atoms with E-state index in [-0.39, 0.29) is 0 Å². The van der Waals surface area contributed by atoms with Crippen molar-refractivity contribution in [1.29, 1.82) is 0 Å². The van der Waals surface area contributed by atoms with E-state index in [1.54, 1.807) is 13.4 Å². The van der Waals surface area contributed by atoms with Crippen molar-refractivity contribution < 1.29 is 4.74 Å². The monoisotopic (exact) mass is 344 g/mol. The van der Waals surface area contributed by atoms with Crippen LogP contribution in [0.5, 0.6) is 5.75 Å². The lowest BCUT2D eigenvalue weighted by atomic mass is 10.0. The number of nitrogens with zero attached hydrogens (tertiary/aromatic N) is 4. The number of methoxy groups -OCH3 is 1. The number of hydrogen-bond donors (Lipinski definition) is 0. The summed E-state index contributed by atoms with van der Waals surface area (Å²) < 4.78 is 7.52. The zero-order valence-corrected chi connectivity index (χ0v) is 14.9. The van der Waals surface area contributed by atoms with Gasteiger partial charge in [-0.1, -0.05) is 24.3 Å². The maximum Gasteiger partial charge on any atom is 0.168 e. The summed E-state index contributed by atoms with van der Waals surface area (Å²) in [5.74, 6) is 0.926. The van der Waals surface area contributed by atoms with Gasteiger partial charge in [-0.05, 0) is 49.6 Å². The predicted molar refractivity (Wildman–Crippen MR) is 101 cm³/mol. The van der Waals surface area contributed by atoms with E-state index in [9.17, 15) is 0 Å². The van der Waals surface area contributed by atoms with Gasteiger partial charge in [-0.15, -0.1) is 10.2 Å². The molecular formula is C21H20N4O. The molecule has 3 heterocycles. The van der Waals surface area contributed by atoms with Crippen LogP contribution < -0.4 is 4.74 Å². The van der Waals surface area contributed by atoms with E-state index in [2.05, 4.69) is 43.8 Å². The highest BCUT2D eigenvalue weighted by molar-refractivity contribution is 5.78. The zero-order chi connectivity index (χ0) is 17.9. The molecule has 0 saturated heterocycles. The number of pyridine rings is 2. The lowest BCUT2D eigenvalue weighted by Gasteiger charge is -2.11. The van der Waals surface area contributed by atoms with E-state index in [4.69, 9.17) is 4.74 Å². The fourth-order valence-electron chi connectivity index (χ4n) is 3.32. The number of hydrogen-bond acceptors (Lipinski definition) is 4. The summed E-state index contributed by atoms with van der Waals surface area (Å²) >= 11 is 0. The minimum Gasteiger partial charge on any atom is -0.496 e. The standard InChI is InChI=1S/C21H20N4O/c1-15-18(7-5-13-22-15)19-12-11-17(25-14-23-24-21(19)25)10-9-16-6-3-4-8-20(16)26-2/h3-8,11-14H,9-10H2,1-2H3. The number of rotatable bonds is 5. The first-order valence-corrected chi connectivity index (χ1v) is 8.63. The van der Waals surface area contributed by atoms with Crippen molar-refractivity contribution in [3.05, 3.63) is 78.0 Å². The maximum atomic E-state index is 5.46. The summed E-state index contributed by atoms with van der Waals surface area (Å²) in [7, 11) is 1.71. The van der Waals surface area contributed by atoms with Crippen LogP contribution in [0, 0.1) is 6.92 Å². The average Bonchev–Trinajstić information content (AvgIpc) is 3.17. The Kier molecular flexibility index (Phi) is 4.35. The summed E-state index contributed by atoms with van der Waals surface area (Å²) in [6, 6.07) is 16.4. The molecule has 0 bridgehead atoms. The third-order valence-corrected chi connectivity index (χ3v) is 4.68. The molecule has 5 nitrogen and oxygen atoms in total. The van der Waals surface area contributed by atoms with Gasteiger partial charge < -0.3 is 4.74 Å². The van der Waals surface area contributed by atoms with E-state index in [1.807, 2.05) is 37.4 Å². The molecule has 3 aromatic heterocycles. The molecule has 0 unspecified atom stereocenters. The first kappa shape index (κ1) is 16.3. The van der Waals surface area contributed by atoms with E-state index in [0.29, 0.717) is 0 Å². The fraction of sp³-hybridized carbons (Fsp3) is 0.190. The molecule has 0 atom stereocenters. The van der Waals surface area contributed by atoms with Crippen LogP contribution in [-0.4, -0.2) is 26.7 Å². The third-order valence-electron chi connectivity index (χ3n) is 4.68. The normalized spacial score (nSPS) is 11.0. The van der Waals surface area contributed by atoms with Crippen molar-refractivity contribution in [1.82, 2.24) is 19.6 Å². The summed E-state index contributed by atoms with van der Waals surface area (Å²) in [4.78, 5) is 4.39. The zero-order valence-electron chi connectivity index (χ0n) is 14.9. The molecule has 0 N–H and O–H groups in total. The van der Waals surface area contributed by atoms with Gasteiger partial charge >= 0.3 is 0 Å². The second-order valence-corrected chi connectivity index (χ2v) is 6.21. The molecule has 4 rings (SSSR count). The Balaban J connectivity index is 1.69. The topological polar surface area (TPSA) is 52.3 Å². The van der Waals surface area contributed by atoms with Crippen LogP contribution in [0.15, 0.2) is 61.1 Å². The lowest BCUT2D eigenvalue weighted by molar-refractivity contribution is 0.409. The quantitative estimate of drug-likeness (QED) is 0.551. The molecule has 4 aromatic rings. The SMILES string of the molecule is COc1ccccc1CCc1ccc(-c2cccnc2C)c2nncn12. The second kappa shape index (κ2) is 6.96. The van der Waals surface area contributed by atoms with E-state index < -0.39 is 0 Å². The molecule has 26 heavy (non-hydrogen) atoms. The molecule has 0 aliphatic heterocycles. The van der Waals surface area contributed by atoms with Crippen molar-refractivity contribution >= 4 is 5.65 Å².